The summed E-state index contributed by atoms with van der Waals surface area (Å²) >= 11 is 0. The highest BCUT2D eigenvalue weighted by molar-refractivity contribution is 5.77. The lowest BCUT2D eigenvalue weighted by Gasteiger charge is -2.23. The summed E-state index contributed by atoms with van der Waals surface area (Å²) in [5.41, 5.74) is 5.29. The molecule has 0 spiro atoms. The van der Waals surface area contributed by atoms with Crippen LogP contribution in [0.5, 0.6) is 0 Å². The molecule has 4 nitrogen and oxygen atoms in total. The number of carbonyl (C=O) groups excluding carboxylic acids is 1. The van der Waals surface area contributed by atoms with Crippen molar-refractivity contribution in [2.75, 3.05) is 6.54 Å². The highest BCUT2D eigenvalue weighted by Crippen LogP contribution is 2.20. The van der Waals surface area contributed by atoms with Crippen LogP contribution in [0.25, 0.3) is 0 Å². The van der Waals surface area contributed by atoms with Crippen LogP contribution < -0.4 is 11.1 Å². The standard InChI is InChI=1S/C12H26N2O2/c1-11(2,3)6-9(15)8-14-10(16)7-12(4,5)13/h9,15H,6-8,13H2,1-5H3,(H,14,16). The van der Waals surface area contributed by atoms with Gasteiger partial charge in [0.15, 0.2) is 0 Å². The molecule has 0 aromatic rings. The van der Waals surface area contributed by atoms with Crippen molar-refractivity contribution in [3.63, 3.8) is 0 Å². The van der Waals surface area contributed by atoms with Gasteiger partial charge in [-0.05, 0) is 25.7 Å². The summed E-state index contributed by atoms with van der Waals surface area (Å²) in [7, 11) is 0. The second kappa shape index (κ2) is 5.64. The van der Waals surface area contributed by atoms with Crippen molar-refractivity contribution >= 4 is 5.91 Å². The quantitative estimate of drug-likeness (QED) is 0.660. The van der Waals surface area contributed by atoms with Crippen LogP contribution >= 0.6 is 0 Å². The Balaban J connectivity index is 3.85. The van der Waals surface area contributed by atoms with Gasteiger partial charge in [0.05, 0.1) is 6.10 Å². The monoisotopic (exact) mass is 230 g/mol. The fraction of sp³-hybridized carbons (Fsp3) is 0.917. The molecule has 0 saturated heterocycles. The Morgan fingerprint density at radius 2 is 1.81 bits per heavy atom. The van der Waals surface area contributed by atoms with Crippen LogP contribution in [-0.2, 0) is 4.79 Å². The number of nitrogens with one attached hydrogen (secondary N) is 1. The van der Waals surface area contributed by atoms with E-state index in [0.717, 1.165) is 0 Å². The first-order valence-corrected chi connectivity index (χ1v) is 5.73. The molecule has 0 heterocycles. The predicted molar refractivity (Wildman–Crippen MR) is 66.0 cm³/mol. The van der Waals surface area contributed by atoms with E-state index in [-0.39, 0.29) is 17.7 Å². The van der Waals surface area contributed by atoms with Crippen molar-refractivity contribution in [2.24, 2.45) is 11.1 Å². The molecule has 4 N–H and O–H groups in total. The van der Waals surface area contributed by atoms with Crippen LogP contribution in [0.4, 0.5) is 0 Å². The van der Waals surface area contributed by atoms with Gasteiger partial charge in [-0.15, -0.1) is 0 Å². The summed E-state index contributed by atoms with van der Waals surface area (Å²) in [6, 6.07) is 0. The van der Waals surface area contributed by atoms with Crippen LogP contribution in [0.2, 0.25) is 0 Å². The molecule has 0 bridgehead atoms. The number of nitrogens with two attached hydrogens (primary N) is 1. The summed E-state index contributed by atoms with van der Waals surface area (Å²) in [4.78, 5) is 11.4. The van der Waals surface area contributed by atoms with Crippen molar-refractivity contribution in [3.8, 4) is 0 Å². The van der Waals surface area contributed by atoms with Gasteiger partial charge in [0.25, 0.3) is 0 Å². The van der Waals surface area contributed by atoms with Crippen LogP contribution in [0, 0.1) is 5.41 Å². The van der Waals surface area contributed by atoms with E-state index in [9.17, 15) is 9.90 Å². The van der Waals surface area contributed by atoms with E-state index in [0.29, 0.717) is 13.0 Å². The van der Waals surface area contributed by atoms with Crippen molar-refractivity contribution in [2.45, 2.75) is 59.1 Å². The Hall–Kier alpha value is -0.610. The Kier molecular flexibility index (Phi) is 5.42. The van der Waals surface area contributed by atoms with Gasteiger partial charge in [-0.3, -0.25) is 4.79 Å². The summed E-state index contributed by atoms with van der Waals surface area (Å²) in [6.45, 7) is 10.1. The number of aliphatic hydroxyl groups is 1. The first kappa shape index (κ1) is 15.4. The zero-order valence-electron chi connectivity index (χ0n) is 11.1. The van der Waals surface area contributed by atoms with E-state index in [1.165, 1.54) is 0 Å². The van der Waals surface area contributed by atoms with Crippen LogP contribution in [0.15, 0.2) is 0 Å². The average molecular weight is 230 g/mol. The smallest absolute Gasteiger partial charge is 0.221 e. The lowest BCUT2D eigenvalue weighted by Crippen LogP contribution is -2.41. The fourth-order valence-corrected chi connectivity index (χ4v) is 1.49. The van der Waals surface area contributed by atoms with Crippen molar-refractivity contribution in [1.82, 2.24) is 5.32 Å². The molecule has 1 atom stereocenters. The normalized spacial score (nSPS) is 14.7. The van der Waals surface area contributed by atoms with E-state index in [2.05, 4.69) is 26.1 Å². The van der Waals surface area contributed by atoms with E-state index < -0.39 is 11.6 Å². The first-order chi connectivity index (χ1) is 6.99. The van der Waals surface area contributed by atoms with Crippen molar-refractivity contribution in [1.29, 1.82) is 0 Å². The zero-order valence-corrected chi connectivity index (χ0v) is 11.1. The maximum atomic E-state index is 11.4. The van der Waals surface area contributed by atoms with Crippen molar-refractivity contribution < 1.29 is 9.90 Å². The second-order valence-electron chi connectivity index (χ2n) is 6.39. The van der Waals surface area contributed by atoms with E-state index >= 15 is 0 Å². The number of carbonyl (C=O) groups is 1. The molecule has 0 aliphatic rings. The Morgan fingerprint density at radius 1 is 1.31 bits per heavy atom. The Bertz CT molecular complexity index is 226. The lowest BCUT2D eigenvalue weighted by atomic mass is 9.89. The van der Waals surface area contributed by atoms with Gasteiger partial charge in [-0.25, -0.2) is 0 Å². The van der Waals surface area contributed by atoms with Gasteiger partial charge < -0.3 is 16.2 Å². The molecule has 96 valence electrons. The molecule has 1 unspecified atom stereocenters. The lowest BCUT2D eigenvalue weighted by molar-refractivity contribution is -0.122. The van der Waals surface area contributed by atoms with E-state index in [1.807, 2.05) is 0 Å². The SMILES string of the molecule is CC(C)(C)CC(O)CNC(=O)CC(C)(C)N. The van der Waals surface area contributed by atoms with Gasteiger partial charge >= 0.3 is 0 Å². The molecular formula is C12H26N2O2. The van der Waals surface area contributed by atoms with Crippen LogP contribution in [0.3, 0.4) is 0 Å². The van der Waals surface area contributed by atoms with Gasteiger partial charge in [-0.1, -0.05) is 20.8 Å². The second-order valence-corrected chi connectivity index (χ2v) is 6.39. The molecule has 4 heteroatoms. The molecule has 0 aromatic carbocycles. The van der Waals surface area contributed by atoms with Crippen molar-refractivity contribution in [3.05, 3.63) is 0 Å². The predicted octanol–water partition coefficient (Wildman–Crippen LogP) is 1.03. The molecular weight excluding hydrogens is 204 g/mol. The van der Waals surface area contributed by atoms with Gasteiger partial charge in [0, 0.05) is 18.5 Å². The van der Waals surface area contributed by atoms with Gasteiger partial charge in [0.2, 0.25) is 5.91 Å². The third-order valence-electron chi connectivity index (χ3n) is 2.00. The van der Waals surface area contributed by atoms with E-state index in [1.54, 1.807) is 13.8 Å². The highest BCUT2D eigenvalue weighted by Gasteiger charge is 2.19. The molecule has 0 aromatic heterocycles. The first-order valence-electron chi connectivity index (χ1n) is 5.73. The molecule has 0 aliphatic carbocycles. The summed E-state index contributed by atoms with van der Waals surface area (Å²) in [5, 5.41) is 12.4. The minimum absolute atomic E-state index is 0.0667. The van der Waals surface area contributed by atoms with E-state index in [4.69, 9.17) is 5.73 Å². The minimum Gasteiger partial charge on any atom is -0.391 e. The number of amides is 1. The molecule has 0 fully saturated rings. The molecule has 0 rings (SSSR count). The Labute approximate surface area is 98.6 Å². The molecule has 0 saturated carbocycles. The number of aliphatic hydroxyl groups excluding tert-OH is 1. The van der Waals surface area contributed by atoms with Crippen LogP contribution in [0.1, 0.15) is 47.5 Å². The molecule has 0 aliphatic heterocycles. The largest absolute Gasteiger partial charge is 0.391 e. The maximum Gasteiger partial charge on any atom is 0.221 e. The summed E-state index contributed by atoms with van der Waals surface area (Å²) < 4.78 is 0. The summed E-state index contributed by atoms with van der Waals surface area (Å²) in [6.07, 6.45) is 0.444. The number of hydrogen-bond acceptors (Lipinski definition) is 3. The maximum absolute atomic E-state index is 11.4. The summed E-state index contributed by atoms with van der Waals surface area (Å²) in [5.74, 6) is -0.111. The molecule has 16 heavy (non-hydrogen) atoms. The zero-order chi connectivity index (χ0) is 13.0. The molecule has 1 amide bonds. The fourth-order valence-electron chi connectivity index (χ4n) is 1.49. The third-order valence-corrected chi connectivity index (χ3v) is 2.00. The van der Waals surface area contributed by atoms with Gasteiger partial charge in [0.1, 0.15) is 0 Å². The van der Waals surface area contributed by atoms with Crippen LogP contribution in [-0.4, -0.2) is 29.2 Å². The Morgan fingerprint density at radius 3 is 2.19 bits per heavy atom. The van der Waals surface area contributed by atoms with Gasteiger partial charge in [-0.2, -0.15) is 0 Å². The topological polar surface area (TPSA) is 75.3 Å². The average Bonchev–Trinajstić information content (AvgIpc) is 1.94. The molecule has 0 radical (unpaired) electrons. The number of hydrogen-bond donors (Lipinski definition) is 3. The third kappa shape index (κ3) is 9.93. The highest BCUT2D eigenvalue weighted by atomic mass is 16.3. The number of rotatable bonds is 5. The minimum atomic E-state index is -0.501.